The highest BCUT2D eigenvalue weighted by Gasteiger charge is 2.05. The third-order valence-corrected chi connectivity index (χ3v) is 3.49. The van der Waals surface area contributed by atoms with E-state index in [9.17, 15) is 0 Å². The number of nitrogens with zero attached hydrogens (tertiary/aromatic N) is 1. The number of hydrogen-bond acceptors (Lipinski definition) is 2. The summed E-state index contributed by atoms with van der Waals surface area (Å²) in [6, 6.07) is 9.35. The van der Waals surface area contributed by atoms with Gasteiger partial charge in [-0.2, -0.15) is 0 Å². The molecule has 1 unspecified atom stereocenters. The Morgan fingerprint density at radius 2 is 1.79 bits per heavy atom. The smallest absolute Gasteiger partial charge is 0.0230 e. The summed E-state index contributed by atoms with van der Waals surface area (Å²) in [4.78, 5) is 2.23. The summed E-state index contributed by atoms with van der Waals surface area (Å²) in [6.07, 6.45) is 5.27. The van der Waals surface area contributed by atoms with Crippen molar-refractivity contribution < 1.29 is 0 Å². The van der Waals surface area contributed by atoms with Crippen LogP contribution < -0.4 is 5.32 Å². The Hall–Kier alpha value is -0.860. The molecule has 1 atom stereocenters. The van der Waals surface area contributed by atoms with E-state index in [1.54, 1.807) is 0 Å². The van der Waals surface area contributed by atoms with E-state index < -0.39 is 0 Å². The quantitative estimate of drug-likeness (QED) is 0.681. The van der Waals surface area contributed by atoms with E-state index in [1.165, 1.54) is 36.8 Å². The summed E-state index contributed by atoms with van der Waals surface area (Å²) in [7, 11) is 4.25. The molecule has 2 nitrogen and oxygen atoms in total. The SMILES string of the molecule is CCCCCC(C)NCc1ccccc1CN(C)C. The number of nitrogens with one attached hydrogen (secondary N) is 1. The maximum atomic E-state index is 3.65. The van der Waals surface area contributed by atoms with E-state index >= 15 is 0 Å². The molecule has 0 aliphatic heterocycles. The summed E-state index contributed by atoms with van der Waals surface area (Å²) < 4.78 is 0. The average Bonchev–Trinajstić information content (AvgIpc) is 2.37. The predicted octanol–water partition coefficient (Wildman–Crippen LogP) is 3.81. The molecule has 2 heteroatoms. The summed E-state index contributed by atoms with van der Waals surface area (Å²) >= 11 is 0. The fourth-order valence-electron chi connectivity index (χ4n) is 2.31. The molecule has 0 aromatic heterocycles. The lowest BCUT2D eigenvalue weighted by Crippen LogP contribution is -2.26. The van der Waals surface area contributed by atoms with Crippen LogP contribution in [-0.4, -0.2) is 25.0 Å². The highest BCUT2D eigenvalue weighted by Crippen LogP contribution is 2.11. The summed E-state index contributed by atoms with van der Waals surface area (Å²) in [5.41, 5.74) is 2.86. The van der Waals surface area contributed by atoms with Crippen LogP contribution in [0.5, 0.6) is 0 Å². The zero-order valence-electron chi connectivity index (χ0n) is 13.1. The zero-order chi connectivity index (χ0) is 14.1. The highest BCUT2D eigenvalue weighted by atomic mass is 15.0. The molecule has 0 radical (unpaired) electrons. The molecule has 1 aromatic carbocycles. The normalized spacial score (nSPS) is 12.9. The minimum Gasteiger partial charge on any atom is -0.310 e. The van der Waals surface area contributed by atoms with Crippen LogP contribution in [0.4, 0.5) is 0 Å². The molecule has 0 bridgehead atoms. The molecule has 19 heavy (non-hydrogen) atoms. The van der Waals surface area contributed by atoms with Gasteiger partial charge in [-0.15, -0.1) is 0 Å². The van der Waals surface area contributed by atoms with Crippen LogP contribution in [0.25, 0.3) is 0 Å². The van der Waals surface area contributed by atoms with Gasteiger partial charge < -0.3 is 10.2 Å². The first-order chi connectivity index (χ1) is 9.13. The molecule has 0 saturated carbocycles. The number of rotatable bonds is 9. The second-order valence-corrected chi connectivity index (χ2v) is 5.78. The van der Waals surface area contributed by atoms with Gasteiger partial charge in [0.1, 0.15) is 0 Å². The van der Waals surface area contributed by atoms with Crippen LogP contribution in [-0.2, 0) is 13.1 Å². The predicted molar refractivity (Wildman–Crippen MR) is 84.3 cm³/mol. The van der Waals surface area contributed by atoms with Crippen molar-refractivity contribution >= 4 is 0 Å². The Morgan fingerprint density at radius 1 is 1.11 bits per heavy atom. The lowest BCUT2D eigenvalue weighted by molar-refractivity contribution is 0.399. The zero-order valence-corrected chi connectivity index (χ0v) is 13.1. The van der Waals surface area contributed by atoms with E-state index in [2.05, 4.69) is 62.4 Å². The van der Waals surface area contributed by atoms with Crippen molar-refractivity contribution in [2.24, 2.45) is 0 Å². The van der Waals surface area contributed by atoms with Crippen LogP contribution in [0, 0.1) is 0 Å². The van der Waals surface area contributed by atoms with Crippen LogP contribution in [0.15, 0.2) is 24.3 Å². The average molecular weight is 262 g/mol. The van der Waals surface area contributed by atoms with E-state index in [1.807, 2.05) is 0 Å². The number of hydrogen-bond donors (Lipinski definition) is 1. The Labute approximate surface area is 119 Å². The Morgan fingerprint density at radius 3 is 2.42 bits per heavy atom. The Balaban J connectivity index is 2.43. The van der Waals surface area contributed by atoms with E-state index in [0.717, 1.165) is 13.1 Å². The first kappa shape index (κ1) is 16.2. The van der Waals surface area contributed by atoms with Crippen LogP contribution in [0.3, 0.4) is 0 Å². The summed E-state index contributed by atoms with van der Waals surface area (Å²) in [6.45, 7) is 6.55. The van der Waals surface area contributed by atoms with Gasteiger partial charge in [0.05, 0.1) is 0 Å². The molecule has 0 aliphatic rings. The highest BCUT2D eigenvalue weighted by molar-refractivity contribution is 5.26. The Kier molecular flexibility index (Phi) is 7.76. The molecular formula is C17H30N2. The molecule has 0 saturated heterocycles. The lowest BCUT2D eigenvalue weighted by atomic mass is 10.1. The minimum absolute atomic E-state index is 0.610. The van der Waals surface area contributed by atoms with Crippen molar-refractivity contribution in [3.63, 3.8) is 0 Å². The van der Waals surface area contributed by atoms with E-state index in [0.29, 0.717) is 6.04 Å². The van der Waals surface area contributed by atoms with Gasteiger partial charge >= 0.3 is 0 Å². The first-order valence-corrected chi connectivity index (χ1v) is 7.58. The van der Waals surface area contributed by atoms with Gasteiger partial charge in [0.2, 0.25) is 0 Å². The largest absolute Gasteiger partial charge is 0.310 e. The first-order valence-electron chi connectivity index (χ1n) is 7.58. The molecule has 0 fully saturated rings. The van der Waals surface area contributed by atoms with Crippen molar-refractivity contribution in [3.05, 3.63) is 35.4 Å². The molecule has 1 N–H and O–H groups in total. The van der Waals surface area contributed by atoms with Crippen LogP contribution in [0.2, 0.25) is 0 Å². The summed E-state index contributed by atoms with van der Waals surface area (Å²) in [5.74, 6) is 0. The van der Waals surface area contributed by atoms with Gasteiger partial charge in [0, 0.05) is 19.1 Å². The van der Waals surface area contributed by atoms with Crippen molar-refractivity contribution in [1.29, 1.82) is 0 Å². The van der Waals surface area contributed by atoms with Gasteiger partial charge in [-0.3, -0.25) is 0 Å². The van der Waals surface area contributed by atoms with Crippen LogP contribution >= 0.6 is 0 Å². The van der Waals surface area contributed by atoms with Crippen molar-refractivity contribution in [1.82, 2.24) is 10.2 Å². The lowest BCUT2D eigenvalue weighted by Gasteiger charge is -2.17. The Bertz CT molecular complexity index is 347. The summed E-state index contributed by atoms with van der Waals surface area (Å²) in [5, 5.41) is 3.65. The minimum atomic E-state index is 0.610. The maximum absolute atomic E-state index is 3.65. The molecule has 1 rings (SSSR count). The van der Waals surface area contributed by atoms with Crippen LogP contribution in [0.1, 0.15) is 50.7 Å². The third-order valence-electron chi connectivity index (χ3n) is 3.49. The standard InChI is InChI=1S/C17H30N2/c1-5-6-7-10-15(2)18-13-16-11-8-9-12-17(16)14-19(3)4/h8-9,11-12,15,18H,5-7,10,13-14H2,1-4H3. The van der Waals surface area contributed by atoms with Gasteiger partial charge in [0.25, 0.3) is 0 Å². The fourth-order valence-corrected chi connectivity index (χ4v) is 2.31. The van der Waals surface area contributed by atoms with Gasteiger partial charge in [-0.05, 0) is 38.6 Å². The number of benzene rings is 1. The van der Waals surface area contributed by atoms with Crippen molar-refractivity contribution in [3.8, 4) is 0 Å². The van der Waals surface area contributed by atoms with E-state index in [-0.39, 0.29) is 0 Å². The van der Waals surface area contributed by atoms with Gasteiger partial charge in [-0.25, -0.2) is 0 Å². The topological polar surface area (TPSA) is 15.3 Å². The second kappa shape index (κ2) is 9.11. The van der Waals surface area contributed by atoms with Gasteiger partial charge in [0.15, 0.2) is 0 Å². The molecule has 0 amide bonds. The van der Waals surface area contributed by atoms with Crippen molar-refractivity contribution in [2.75, 3.05) is 14.1 Å². The molecule has 108 valence electrons. The third kappa shape index (κ3) is 6.74. The molecular weight excluding hydrogens is 232 g/mol. The monoisotopic (exact) mass is 262 g/mol. The van der Waals surface area contributed by atoms with Gasteiger partial charge in [-0.1, -0.05) is 50.5 Å². The van der Waals surface area contributed by atoms with Crippen molar-refractivity contribution in [2.45, 2.75) is 58.7 Å². The molecule has 1 aromatic rings. The molecule has 0 aliphatic carbocycles. The van der Waals surface area contributed by atoms with E-state index in [4.69, 9.17) is 0 Å². The number of unbranched alkanes of at least 4 members (excludes halogenated alkanes) is 2. The molecule has 0 spiro atoms. The second-order valence-electron chi connectivity index (χ2n) is 5.78. The molecule has 0 heterocycles. The maximum Gasteiger partial charge on any atom is 0.0230 e. The fraction of sp³-hybridized carbons (Fsp3) is 0.647.